The minimum Gasteiger partial charge on any atom is -0.390 e. The molecule has 2 unspecified atom stereocenters. The zero-order chi connectivity index (χ0) is 12.5. The highest BCUT2D eigenvalue weighted by atomic mass is 19.1. The van der Waals surface area contributed by atoms with Crippen LogP contribution < -0.4 is 0 Å². The predicted octanol–water partition coefficient (Wildman–Crippen LogP) is 2.89. The molecule has 94 valence electrons. The molecule has 0 radical (unpaired) electrons. The quantitative estimate of drug-likeness (QED) is 0.877. The van der Waals surface area contributed by atoms with E-state index >= 15 is 0 Å². The molecule has 1 fully saturated rings. The van der Waals surface area contributed by atoms with Crippen molar-refractivity contribution in [3.63, 3.8) is 0 Å². The average molecular weight is 238 g/mol. The Morgan fingerprint density at radius 1 is 1.41 bits per heavy atom. The van der Waals surface area contributed by atoms with Crippen LogP contribution in [-0.4, -0.2) is 17.3 Å². The Balaban J connectivity index is 1.94. The molecular formula is C14H19FO2. The molecule has 1 aliphatic rings. The second-order valence-electron chi connectivity index (χ2n) is 5.41. The van der Waals surface area contributed by atoms with Crippen molar-refractivity contribution in [2.75, 3.05) is 0 Å². The summed E-state index contributed by atoms with van der Waals surface area (Å²) >= 11 is 0. The summed E-state index contributed by atoms with van der Waals surface area (Å²) in [6.07, 6.45) is 1.14. The van der Waals surface area contributed by atoms with Gasteiger partial charge in [0.05, 0.1) is 18.8 Å². The van der Waals surface area contributed by atoms with Crippen LogP contribution in [0, 0.1) is 11.2 Å². The smallest absolute Gasteiger partial charge is 0.128 e. The minimum absolute atomic E-state index is 0.0973. The number of aliphatic hydroxyl groups is 1. The molecule has 1 aromatic rings. The van der Waals surface area contributed by atoms with E-state index in [0.29, 0.717) is 5.56 Å². The van der Waals surface area contributed by atoms with E-state index in [-0.39, 0.29) is 23.9 Å². The third-order valence-electron chi connectivity index (χ3n) is 3.64. The summed E-state index contributed by atoms with van der Waals surface area (Å²) < 4.78 is 19.0. The number of halogens is 1. The van der Waals surface area contributed by atoms with Gasteiger partial charge in [0, 0.05) is 5.56 Å². The normalized spacial score (nSPS) is 27.3. The zero-order valence-corrected chi connectivity index (χ0v) is 10.3. The highest BCUT2D eigenvalue weighted by Gasteiger charge is 2.41. The van der Waals surface area contributed by atoms with Gasteiger partial charge in [-0.05, 0) is 24.3 Å². The van der Waals surface area contributed by atoms with Gasteiger partial charge in [0.25, 0.3) is 0 Å². The lowest BCUT2D eigenvalue weighted by Gasteiger charge is -2.25. The van der Waals surface area contributed by atoms with Crippen LogP contribution >= 0.6 is 0 Å². The van der Waals surface area contributed by atoms with Crippen molar-refractivity contribution < 1.29 is 14.2 Å². The lowest BCUT2D eigenvalue weighted by molar-refractivity contribution is -0.0571. The van der Waals surface area contributed by atoms with E-state index in [0.717, 1.165) is 12.8 Å². The van der Waals surface area contributed by atoms with Crippen molar-refractivity contribution in [2.45, 2.75) is 45.5 Å². The fourth-order valence-corrected chi connectivity index (χ4v) is 2.31. The van der Waals surface area contributed by atoms with Gasteiger partial charge in [-0.15, -0.1) is 0 Å². The van der Waals surface area contributed by atoms with Gasteiger partial charge in [-0.2, -0.15) is 0 Å². The Morgan fingerprint density at radius 3 is 2.71 bits per heavy atom. The first-order valence-corrected chi connectivity index (χ1v) is 6.04. The van der Waals surface area contributed by atoms with Gasteiger partial charge in [0.2, 0.25) is 0 Å². The van der Waals surface area contributed by atoms with Gasteiger partial charge in [-0.3, -0.25) is 0 Å². The summed E-state index contributed by atoms with van der Waals surface area (Å²) in [6.45, 7) is 4.29. The molecule has 3 heteroatoms. The summed E-state index contributed by atoms with van der Waals surface area (Å²) in [6, 6.07) is 6.58. The van der Waals surface area contributed by atoms with E-state index in [2.05, 4.69) is 0 Å². The summed E-state index contributed by atoms with van der Waals surface area (Å²) in [5, 5.41) is 10.0. The maximum atomic E-state index is 13.4. The van der Waals surface area contributed by atoms with E-state index in [4.69, 9.17) is 4.74 Å². The molecule has 1 aromatic carbocycles. The summed E-state index contributed by atoms with van der Waals surface area (Å²) in [5.74, 6) is -0.251. The van der Waals surface area contributed by atoms with Crippen molar-refractivity contribution >= 4 is 0 Å². The van der Waals surface area contributed by atoms with Gasteiger partial charge >= 0.3 is 0 Å². The van der Waals surface area contributed by atoms with Crippen LogP contribution in [0.25, 0.3) is 0 Å². The molecule has 2 atom stereocenters. The number of ether oxygens (including phenoxy) is 1. The second kappa shape index (κ2) is 4.75. The van der Waals surface area contributed by atoms with Crippen molar-refractivity contribution in [1.29, 1.82) is 0 Å². The molecule has 0 bridgehead atoms. The summed E-state index contributed by atoms with van der Waals surface area (Å²) in [4.78, 5) is 0. The van der Waals surface area contributed by atoms with Crippen LogP contribution in [0.2, 0.25) is 0 Å². The zero-order valence-electron chi connectivity index (χ0n) is 10.3. The van der Waals surface area contributed by atoms with Gasteiger partial charge in [0.1, 0.15) is 5.82 Å². The topological polar surface area (TPSA) is 29.5 Å². The molecule has 0 aromatic heterocycles. The lowest BCUT2D eigenvalue weighted by atomic mass is 9.89. The summed E-state index contributed by atoms with van der Waals surface area (Å²) in [7, 11) is 0. The molecule has 17 heavy (non-hydrogen) atoms. The Morgan fingerprint density at radius 2 is 2.12 bits per heavy atom. The highest BCUT2D eigenvalue weighted by Crippen LogP contribution is 2.39. The molecule has 0 amide bonds. The first-order chi connectivity index (χ1) is 8.00. The maximum absolute atomic E-state index is 13.4. The summed E-state index contributed by atoms with van der Waals surface area (Å²) in [5.41, 5.74) is 0.448. The third-order valence-corrected chi connectivity index (χ3v) is 3.64. The van der Waals surface area contributed by atoms with Crippen LogP contribution in [0.4, 0.5) is 4.39 Å². The van der Waals surface area contributed by atoms with Gasteiger partial charge in [0.15, 0.2) is 0 Å². The van der Waals surface area contributed by atoms with Gasteiger partial charge in [-0.1, -0.05) is 32.0 Å². The first-order valence-electron chi connectivity index (χ1n) is 6.04. The molecule has 1 aliphatic carbocycles. The van der Waals surface area contributed by atoms with Crippen LogP contribution in [0.5, 0.6) is 0 Å². The molecule has 0 spiro atoms. The minimum atomic E-state index is -0.464. The van der Waals surface area contributed by atoms with Crippen molar-refractivity contribution in [1.82, 2.24) is 0 Å². The molecule has 0 saturated heterocycles. The average Bonchev–Trinajstić information content (AvgIpc) is 2.54. The standard InChI is InChI=1S/C14H19FO2/c1-14(2)8-7-12(13(14)16)17-9-10-5-3-4-6-11(10)15/h3-6,12-13,16H,7-9H2,1-2H3. The lowest BCUT2D eigenvalue weighted by Crippen LogP contribution is -2.32. The Hall–Kier alpha value is -0.930. The molecule has 0 heterocycles. The third kappa shape index (κ3) is 2.67. The van der Waals surface area contributed by atoms with E-state index in [1.807, 2.05) is 13.8 Å². The maximum Gasteiger partial charge on any atom is 0.128 e. The van der Waals surface area contributed by atoms with Gasteiger partial charge in [-0.25, -0.2) is 4.39 Å². The number of benzene rings is 1. The molecule has 1 saturated carbocycles. The second-order valence-corrected chi connectivity index (χ2v) is 5.41. The van der Waals surface area contributed by atoms with E-state index < -0.39 is 6.10 Å². The van der Waals surface area contributed by atoms with Gasteiger partial charge < -0.3 is 9.84 Å². The predicted molar refractivity (Wildman–Crippen MR) is 64.0 cm³/mol. The van der Waals surface area contributed by atoms with Crippen LogP contribution in [0.3, 0.4) is 0 Å². The van der Waals surface area contributed by atoms with Crippen molar-refractivity contribution in [3.05, 3.63) is 35.6 Å². The molecule has 1 N–H and O–H groups in total. The number of hydrogen-bond donors (Lipinski definition) is 1. The largest absolute Gasteiger partial charge is 0.390 e. The Kier molecular flexibility index (Phi) is 3.50. The van der Waals surface area contributed by atoms with Crippen LogP contribution in [0.1, 0.15) is 32.3 Å². The first kappa shape index (κ1) is 12.5. The monoisotopic (exact) mass is 238 g/mol. The van der Waals surface area contributed by atoms with Crippen molar-refractivity contribution in [2.24, 2.45) is 5.41 Å². The molecule has 2 nitrogen and oxygen atoms in total. The molecular weight excluding hydrogens is 219 g/mol. The highest BCUT2D eigenvalue weighted by molar-refractivity contribution is 5.16. The Bertz CT molecular complexity index is 390. The molecule has 0 aliphatic heterocycles. The molecule has 2 rings (SSSR count). The fourth-order valence-electron chi connectivity index (χ4n) is 2.31. The number of aliphatic hydroxyl groups excluding tert-OH is 1. The van der Waals surface area contributed by atoms with Crippen LogP contribution in [0.15, 0.2) is 24.3 Å². The van der Waals surface area contributed by atoms with Crippen molar-refractivity contribution in [3.8, 4) is 0 Å². The van der Waals surface area contributed by atoms with Crippen LogP contribution in [-0.2, 0) is 11.3 Å². The van der Waals surface area contributed by atoms with E-state index in [1.54, 1.807) is 18.2 Å². The SMILES string of the molecule is CC1(C)CCC(OCc2ccccc2F)C1O. The van der Waals surface area contributed by atoms with E-state index in [1.165, 1.54) is 6.07 Å². The number of hydrogen-bond acceptors (Lipinski definition) is 2. The van der Waals surface area contributed by atoms with E-state index in [9.17, 15) is 9.50 Å². The Labute approximate surface area is 101 Å². The fraction of sp³-hybridized carbons (Fsp3) is 0.571. The number of rotatable bonds is 3.